The van der Waals surface area contributed by atoms with E-state index in [1.807, 2.05) is 42.5 Å². The number of aromatic nitrogens is 2. The average molecular weight is 516 g/mol. The minimum atomic E-state index is -0.829. The number of carbonyl (C=O) groups is 1. The maximum absolute atomic E-state index is 13.3. The van der Waals surface area contributed by atoms with Gasteiger partial charge in [-0.3, -0.25) is 4.79 Å². The van der Waals surface area contributed by atoms with Crippen LogP contribution in [0.3, 0.4) is 0 Å². The Balaban J connectivity index is 0.00000274. The summed E-state index contributed by atoms with van der Waals surface area (Å²) in [6.07, 6.45) is 9.38. The topological polar surface area (TPSA) is 51.9 Å². The van der Waals surface area contributed by atoms with Gasteiger partial charge in [0, 0.05) is 0 Å². The largest absolute Gasteiger partial charge is 1.00 e. The highest BCUT2D eigenvalue weighted by Crippen LogP contribution is 2.49. The maximum Gasteiger partial charge on any atom is 0.244 e. The van der Waals surface area contributed by atoms with Crippen LogP contribution in [0.15, 0.2) is 110 Å². The van der Waals surface area contributed by atoms with Crippen LogP contribution in [0.4, 0.5) is 0 Å². The monoisotopic (exact) mass is 515 g/mol. The summed E-state index contributed by atoms with van der Waals surface area (Å²) in [7, 11) is 0. The molecule has 1 aliphatic rings. The van der Waals surface area contributed by atoms with E-state index in [2.05, 4.69) is 76.4 Å². The highest BCUT2D eigenvalue weighted by atomic mass is 79.9. The van der Waals surface area contributed by atoms with Crippen molar-refractivity contribution in [1.29, 1.82) is 0 Å². The summed E-state index contributed by atoms with van der Waals surface area (Å²) in [5.74, 6) is -0.132. The highest BCUT2D eigenvalue weighted by molar-refractivity contribution is 5.91. The standard InChI is InChI=1S/C29H29N3O.BrH/c30-28(33)29(24-12-6-2-7-13-24,25-14-8-3-9-15-25)26-16-17-27(20-26)32-19-18-31(22-32)21-23-10-4-1-5-11-23;/h1-15,18-19,22,26-27H,16-17,20-21H2,(H-,30,33);1H. The molecule has 2 N–H and O–H groups in total. The lowest BCUT2D eigenvalue weighted by Crippen LogP contribution is -3.00. The Morgan fingerprint density at radius 3 is 2.00 bits per heavy atom. The number of amides is 1. The van der Waals surface area contributed by atoms with Crippen molar-refractivity contribution >= 4 is 5.91 Å². The molecule has 34 heavy (non-hydrogen) atoms. The van der Waals surface area contributed by atoms with Crippen LogP contribution in [0.25, 0.3) is 0 Å². The third-order valence-electron chi connectivity index (χ3n) is 7.21. The van der Waals surface area contributed by atoms with Crippen LogP contribution >= 0.6 is 0 Å². The molecule has 5 heteroatoms. The van der Waals surface area contributed by atoms with Gasteiger partial charge in [-0.2, -0.15) is 0 Å². The zero-order chi connectivity index (χ0) is 22.7. The number of halogens is 1. The van der Waals surface area contributed by atoms with Gasteiger partial charge in [0.05, 0.1) is 0 Å². The summed E-state index contributed by atoms with van der Waals surface area (Å²) in [5.41, 5.74) is 8.67. The van der Waals surface area contributed by atoms with Gasteiger partial charge in [0.1, 0.15) is 30.4 Å². The molecule has 1 aliphatic carbocycles. The van der Waals surface area contributed by atoms with Crippen LogP contribution in [0.5, 0.6) is 0 Å². The smallest absolute Gasteiger partial charge is 0.244 e. The van der Waals surface area contributed by atoms with E-state index in [-0.39, 0.29) is 28.8 Å². The van der Waals surface area contributed by atoms with E-state index in [9.17, 15) is 4.79 Å². The zero-order valence-electron chi connectivity index (χ0n) is 19.1. The van der Waals surface area contributed by atoms with Crippen LogP contribution in [-0.4, -0.2) is 10.5 Å². The molecular weight excluding hydrogens is 486 g/mol. The first-order chi connectivity index (χ1) is 16.2. The van der Waals surface area contributed by atoms with Gasteiger partial charge in [0.2, 0.25) is 12.2 Å². The molecule has 1 heterocycles. The van der Waals surface area contributed by atoms with E-state index in [0.29, 0.717) is 6.04 Å². The fraction of sp³-hybridized carbons (Fsp3) is 0.241. The predicted octanol–water partition coefficient (Wildman–Crippen LogP) is 1.64. The van der Waals surface area contributed by atoms with E-state index in [1.54, 1.807) is 0 Å². The minimum Gasteiger partial charge on any atom is -1.00 e. The number of rotatable bonds is 7. The number of hydrogen-bond donors (Lipinski definition) is 1. The lowest BCUT2D eigenvalue weighted by molar-refractivity contribution is -0.688. The molecule has 1 fully saturated rings. The Morgan fingerprint density at radius 2 is 1.44 bits per heavy atom. The second kappa shape index (κ2) is 10.4. The number of nitrogens with two attached hydrogens (primary N) is 1. The Labute approximate surface area is 211 Å². The van der Waals surface area contributed by atoms with Gasteiger partial charge in [-0.05, 0) is 41.9 Å². The van der Waals surface area contributed by atoms with E-state index in [0.717, 1.165) is 36.9 Å². The molecule has 1 saturated carbocycles. The Morgan fingerprint density at radius 1 is 0.882 bits per heavy atom. The van der Waals surface area contributed by atoms with Crippen molar-refractivity contribution in [2.24, 2.45) is 11.7 Å². The van der Waals surface area contributed by atoms with Gasteiger partial charge < -0.3 is 22.7 Å². The fourth-order valence-corrected chi connectivity index (χ4v) is 5.66. The molecule has 174 valence electrons. The number of carbonyl (C=O) groups excluding carboxylic acids is 1. The Kier molecular flexibility index (Phi) is 7.32. The number of imidazole rings is 1. The van der Waals surface area contributed by atoms with Crippen molar-refractivity contribution in [3.8, 4) is 0 Å². The third-order valence-corrected chi connectivity index (χ3v) is 7.21. The van der Waals surface area contributed by atoms with Gasteiger partial charge in [-0.15, -0.1) is 0 Å². The van der Waals surface area contributed by atoms with Gasteiger partial charge in [-0.1, -0.05) is 91.0 Å². The maximum atomic E-state index is 13.3. The molecule has 4 aromatic rings. The summed E-state index contributed by atoms with van der Waals surface area (Å²) in [5, 5.41) is 0. The SMILES string of the molecule is NC(=O)C(c1ccccc1)(c1ccccc1)C1CCC(n2cc[n+](Cc3ccccc3)c2)C1.[Br-]. The van der Waals surface area contributed by atoms with Gasteiger partial charge in [0.15, 0.2) is 0 Å². The molecule has 2 unspecified atom stereocenters. The molecule has 0 saturated heterocycles. The number of primary amides is 1. The molecule has 0 radical (unpaired) electrons. The molecule has 5 rings (SSSR count). The average Bonchev–Trinajstić information content (AvgIpc) is 3.52. The van der Waals surface area contributed by atoms with Crippen LogP contribution in [-0.2, 0) is 16.8 Å². The van der Waals surface area contributed by atoms with Crippen LogP contribution < -0.4 is 27.3 Å². The van der Waals surface area contributed by atoms with Gasteiger partial charge in [0.25, 0.3) is 0 Å². The molecule has 0 spiro atoms. The van der Waals surface area contributed by atoms with Crippen molar-refractivity contribution in [3.05, 3.63) is 126 Å². The molecule has 0 bridgehead atoms. The molecule has 1 amide bonds. The summed E-state index contributed by atoms with van der Waals surface area (Å²) in [6.45, 7) is 0.850. The first-order valence-electron chi connectivity index (χ1n) is 11.7. The summed E-state index contributed by atoms with van der Waals surface area (Å²) < 4.78 is 4.53. The number of hydrogen-bond acceptors (Lipinski definition) is 1. The van der Waals surface area contributed by atoms with Crippen molar-refractivity contribution in [3.63, 3.8) is 0 Å². The normalized spacial score (nSPS) is 17.8. The second-order valence-corrected chi connectivity index (χ2v) is 9.09. The highest BCUT2D eigenvalue weighted by Gasteiger charge is 2.50. The van der Waals surface area contributed by atoms with Crippen molar-refractivity contribution < 1.29 is 26.3 Å². The molecule has 1 aromatic heterocycles. The van der Waals surface area contributed by atoms with E-state index >= 15 is 0 Å². The minimum absolute atomic E-state index is 0. The Bertz CT molecular complexity index is 1170. The lowest BCUT2D eigenvalue weighted by atomic mass is 9.64. The van der Waals surface area contributed by atoms with Gasteiger partial charge in [-0.25, -0.2) is 9.13 Å². The van der Waals surface area contributed by atoms with E-state index < -0.39 is 5.41 Å². The number of nitrogens with zero attached hydrogens (tertiary/aromatic N) is 2. The molecule has 3 aromatic carbocycles. The van der Waals surface area contributed by atoms with Crippen molar-refractivity contribution in [1.82, 2.24) is 4.57 Å². The third kappa shape index (κ3) is 4.45. The lowest BCUT2D eigenvalue weighted by Gasteiger charge is -2.37. The Hall–Kier alpha value is -3.18. The number of benzene rings is 3. The fourth-order valence-electron chi connectivity index (χ4n) is 5.66. The summed E-state index contributed by atoms with van der Waals surface area (Å²) in [4.78, 5) is 13.3. The van der Waals surface area contributed by atoms with Crippen LogP contribution in [0, 0.1) is 5.92 Å². The first-order valence-corrected chi connectivity index (χ1v) is 11.7. The van der Waals surface area contributed by atoms with Crippen molar-refractivity contribution in [2.75, 3.05) is 0 Å². The van der Waals surface area contributed by atoms with Crippen LogP contribution in [0.2, 0.25) is 0 Å². The van der Waals surface area contributed by atoms with Crippen molar-refractivity contribution in [2.45, 2.75) is 37.3 Å². The molecular formula is C29H30BrN3O. The second-order valence-electron chi connectivity index (χ2n) is 9.09. The molecule has 0 aliphatic heterocycles. The predicted molar refractivity (Wildman–Crippen MR) is 129 cm³/mol. The summed E-state index contributed by atoms with van der Waals surface area (Å²) in [6, 6.07) is 31.0. The molecule has 4 nitrogen and oxygen atoms in total. The van der Waals surface area contributed by atoms with E-state index in [4.69, 9.17) is 5.73 Å². The summed E-state index contributed by atoms with van der Waals surface area (Å²) >= 11 is 0. The molecule has 2 atom stereocenters. The zero-order valence-corrected chi connectivity index (χ0v) is 20.7. The van der Waals surface area contributed by atoms with E-state index in [1.165, 1.54) is 5.56 Å². The first kappa shape index (κ1) is 24.0. The van der Waals surface area contributed by atoms with Crippen LogP contribution in [0.1, 0.15) is 42.0 Å². The van der Waals surface area contributed by atoms with Gasteiger partial charge >= 0.3 is 0 Å². The quantitative estimate of drug-likeness (QED) is 0.374.